The highest BCUT2D eigenvalue weighted by Crippen LogP contribution is 2.25. The number of alkyl halides is 2. The van der Waals surface area contributed by atoms with Crippen LogP contribution in [0.3, 0.4) is 0 Å². The van der Waals surface area contributed by atoms with E-state index >= 15 is 0 Å². The Labute approximate surface area is 109 Å². The SMILES string of the molecule is Cl.O=C(NC1CCCNC1=O)C1CC(F)(F)CN1. The number of nitrogens with one attached hydrogen (secondary N) is 3. The first-order valence-corrected chi connectivity index (χ1v) is 5.67. The van der Waals surface area contributed by atoms with Crippen LogP contribution < -0.4 is 16.0 Å². The Kier molecular flexibility index (Phi) is 4.86. The van der Waals surface area contributed by atoms with Crippen LogP contribution in [0.15, 0.2) is 0 Å². The molecule has 2 saturated heterocycles. The number of piperidine rings is 1. The molecule has 8 heteroatoms. The monoisotopic (exact) mass is 283 g/mol. The predicted molar refractivity (Wildman–Crippen MR) is 62.8 cm³/mol. The largest absolute Gasteiger partial charge is 0.354 e. The molecular weight excluding hydrogens is 268 g/mol. The van der Waals surface area contributed by atoms with Crippen LogP contribution in [0.4, 0.5) is 8.78 Å². The van der Waals surface area contributed by atoms with Gasteiger partial charge in [-0.1, -0.05) is 0 Å². The van der Waals surface area contributed by atoms with E-state index < -0.39 is 36.9 Å². The molecule has 0 radical (unpaired) electrons. The topological polar surface area (TPSA) is 70.2 Å². The molecule has 0 aromatic carbocycles. The Morgan fingerprint density at radius 1 is 1.44 bits per heavy atom. The van der Waals surface area contributed by atoms with Crippen molar-refractivity contribution in [1.82, 2.24) is 16.0 Å². The third-order valence-corrected chi connectivity index (χ3v) is 3.03. The Morgan fingerprint density at radius 3 is 2.72 bits per heavy atom. The first kappa shape index (κ1) is 15.1. The van der Waals surface area contributed by atoms with E-state index in [9.17, 15) is 18.4 Å². The lowest BCUT2D eigenvalue weighted by molar-refractivity contribution is -0.131. The van der Waals surface area contributed by atoms with Gasteiger partial charge >= 0.3 is 0 Å². The molecule has 0 spiro atoms. The fourth-order valence-corrected chi connectivity index (χ4v) is 2.08. The number of halogens is 3. The van der Waals surface area contributed by atoms with Crippen LogP contribution in [-0.2, 0) is 9.59 Å². The number of amides is 2. The van der Waals surface area contributed by atoms with E-state index in [1.54, 1.807) is 0 Å². The summed E-state index contributed by atoms with van der Waals surface area (Å²) in [6.07, 6.45) is 0.832. The van der Waals surface area contributed by atoms with Gasteiger partial charge in [0.25, 0.3) is 5.92 Å². The summed E-state index contributed by atoms with van der Waals surface area (Å²) in [5, 5.41) is 7.58. The summed E-state index contributed by atoms with van der Waals surface area (Å²) in [5.41, 5.74) is 0. The molecule has 18 heavy (non-hydrogen) atoms. The van der Waals surface area contributed by atoms with E-state index in [1.807, 2.05) is 0 Å². The summed E-state index contributed by atoms with van der Waals surface area (Å²) in [5.74, 6) is -3.60. The smallest absolute Gasteiger partial charge is 0.262 e. The van der Waals surface area contributed by atoms with Gasteiger partial charge in [0.05, 0.1) is 12.6 Å². The molecule has 0 saturated carbocycles. The molecule has 3 N–H and O–H groups in total. The maximum atomic E-state index is 12.9. The van der Waals surface area contributed by atoms with Crippen LogP contribution in [0.25, 0.3) is 0 Å². The standard InChI is InChI=1S/C10H15F2N3O2.ClH/c11-10(12)4-7(14-5-10)9(17)15-6-2-1-3-13-8(6)16;/h6-7,14H,1-5H2,(H,13,16)(H,15,17);1H. The van der Waals surface area contributed by atoms with Crippen molar-refractivity contribution in [2.24, 2.45) is 0 Å². The molecule has 0 aliphatic carbocycles. The highest BCUT2D eigenvalue weighted by Gasteiger charge is 2.43. The van der Waals surface area contributed by atoms with Gasteiger partial charge in [-0.2, -0.15) is 0 Å². The minimum Gasteiger partial charge on any atom is -0.354 e. The quantitative estimate of drug-likeness (QED) is 0.657. The molecule has 5 nitrogen and oxygen atoms in total. The van der Waals surface area contributed by atoms with Gasteiger partial charge in [0.15, 0.2) is 0 Å². The van der Waals surface area contributed by atoms with Gasteiger partial charge in [0.2, 0.25) is 11.8 Å². The first-order chi connectivity index (χ1) is 7.98. The minimum absolute atomic E-state index is 0. The predicted octanol–water partition coefficient (Wildman–Crippen LogP) is -0.200. The van der Waals surface area contributed by atoms with E-state index in [-0.39, 0.29) is 18.3 Å². The van der Waals surface area contributed by atoms with Crippen molar-refractivity contribution >= 4 is 24.2 Å². The van der Waals surface area contributed by atoms with Gasteiger partial charge in [0.1, 0.15) is 6.04 Å². The van der Waals surface area contributed by atoms with Crippen molar-refractivity contribution in [2.75, 3.05) is 13.1 Å². The van der Waals surface area contributed by atoms with Crippen LogP contribution >= 0.6 is 12.4 Å². The lowest BCUT2D eigenvalue weighted by Gasteiger charge is -2.24. The molecule has 2 aliphatic heterocycles. The van der Waals surface area contributed by atoms with Crippen LogP contribution in [0, 0.1) is 0 Å². The number of hydrogen-bond donors (Lipinski definition) is 3. The molecule has 0 aromatic heterocycles. The highest BCUT2D eigenvalue weighted by atomic mass is 35.5. The van der Waals surface area contributed by atoms with Gasteiger partial charge in [0, 0.05) is 13.0 Å². The minimum atomic E-state index is -2.84. The Morgan fingerprint density at radius 2 is 2.17 bits per heavy atom. The summed E-state index contributed by atoms with van der Waals surface area (Å²) in [7, 11) is 0. The second-order valence-corrected chi connectivity index (χ2v) is 4.49. The maximum Gasteiger partial charge on any atom is 0.262 e. The fraction of sp³-hybridized carbons (Fsp3) is 0.800. The summed E-state index contributed by atoms with van der Waals surface area (Å²) >= 11 is 0. The van der Waals surface area contributed by atoms with Gasteiger partial charge in [-0.05, 0) is 12.8 Å². The molecule has 2 rings (SSSR count). The second-order valence-electron chi connectivity index (χ2n) is 4.49. The number of carbonyl (C=O) groups is 2. The zero-order valence-corrected chi connectivity index (χ0v) is 10.5. The molecule has 2 fully saturated rings. The third kappa shape index (κ3) is 3.52. The lowest BCUT2D eigenvalue weighted by atomic mass is 10.1. The molecule has 104 valence electrons. The maximum absolute atomic E-state index is 12.9. The molecule has 2 heterocycles. The Bertz CT molecular complexity index is 341. The van der Waals surface area contributed by atoms with Crippen molar-refractivity contribution < 1.29 is 18.4 Å². The van der Waals surface area contributed by atoms with E-state index in [0.717, 1.165) is 6.42 Å². The first-order valence-electron chi connectivity index (χ1n) is 5.67. The van der Waals surface area contributed by atoms with Crippen molar-refractivity contribution in [3.63, 3.8) is 0 Å². The molecule has 0 bridgehead atoms. The van der Waals surface area contributed by atoms with Crippen molar-refractivity contribution in [2.45, 2.75) is 37.3 Å². The molecular formula is C10H16ClF2N3O2. The molecule has 2 amide bonds. The Balaban J connectivity index is 0.00000162. The summed E-state index contributed by atoms with van der Waals surface area (Å²) in [6, 6.07) is -1.49. The molecule has 2 aliphatic rings. The van der Waals surface area contributed by atoms with E-state index in [4.69, 9.17) is 0 Å². The number of rotatable bonds is 2. The average Bonchev–Trinajstić information content (AvgIpc) is 2.62. The fourth-order valence-electron chi connectivity index (χ4n) is 2.08. The van der Waals surface area contributed by atoms with Gasteiger partial charge in [-0.25, -0.2) is 8.78 Å². The summed E-state index contributed by atoms with van der Waals surface area (Å²) in [4.78, 5) is 23.0. The van der Waals surface area contributed by atoms with Crippen LogP contribution in [0.5, 0.6) is 0 Å². The van der Waals surface area contributed by atoms with Gasteiger partial charge < -0.3 is 10.6 Å². The Hall–Kier alpha value is -0.950. The number of carbonyl (C=O) groups excluding carboxylic acids is 2. The molecule has 2 unspecified atom stereocenters. The highest BCUT2D eigenvalue weighted by molar-refractivity contribution is 5.90. The van der Waals surface area contributed by atoms with E-state index in [2.05, 4.69) is 16.0 Å². The van der Waals surface area contributed by atoms with E-state index in [0.29, 0.717) is 13.0 Å². The third-order valence-electron chi connectivity index (χ3n) is 3.03. The summed E-state index contributed by atoms with van der Waals surface area (Å²) in [6.45, 7) is 0.118. The van der Waals surface area contributed by atoms with Crippen molar-refractivity contribution in [1.29, 1.82) is 0 Å². The van der Waals surface area contributed by atoms with Crippen LogP contribution in [0.2, 0.25) is 0 Å². The second kappa shape index (κ2) is 5.79. The normalized spacial score (nSPS) is 30.2. The average molecular weight is 284 g/mol. The lowest BCUT2D eigenvalue weighted by Crippen LogP contribution is -2.53. The van der Waals surface area contributed by atoms with Crippen molar-refractivity contribution in [3.8, 4) is 0 Å². The zero-order valence-electron chi connectivity index (χ0n) is 9.67. The van der Waals surface area contributed by atoms with Crippen LogP contribution in [0.1, 0.15) is 19.3 Å². The summed E-state index contributed by atoms with van der Waals surface area (Å²) < 4.78 is 25.8. The number of hydrogen-bond acceptors (Lipinski definition) is 3. The zero-order chi connectivity index (χ0) is 12.5. The van der Waals surface area contributed by atoms with Gasteiger partial charge in [-0.3, -0.25) is 14.9 Å². The molecule has 0 aromatic rings. The van der Waals surface area contributed by atoms with Crippen LogP contribution in [-0.4, -0.2) is 42.9 Å². The molecule has 2 atom stereocenters. The van der Waals surface area contributed by atoms with E-state index in [1.165, 1.54) is 0 Å². The van der Waals surface area contributed by atoms with Gasteiger partial charge in [-0.15, -0.1) is 12.4 Å². The van der Waals surface area contributed by atoms with Crippen molar-refractivity contribution in [3.05, 3.63) is 0 Å².